The van der Waals surface area contributed by atoms with Gasteiger partial charge in [0.25, 0.3) is 0 Å². The quantitative estimate of drug-likeness (QED) is 0.743. The number of pyridine rings is 2. The zero-order valence-corrected chi connectivity index (χ0v) is 8.07. The van der Waals surface area contributed by atoms with Crippen molar-refractivity contribution in [1.82, 2.24) is 9.97 Å². The van der Waals surface area contributed by atoms with Crippen LogP contribution in [0.5, 0.6) is 0 Å². The summed E-state index contributed by atoms with van der Waals surface area (Å²) in [6, 6.07) is 4.41. The van der Waals surface area contributed by atoms with Gasteiger partial charge < -0.3 is 0 Å². The number of hydrogen-bond donors (Lipinski definition) is 0. The first-order valence-electron chi connectivity index (χ1n) is 4.50. The van der Waals surface area contributed by atoms with E-state index in [0.717, 1.165) is 6.20 Å². The molecule has 0 bridgehead atoms. The third-order valence-electron chi connectivity index (χ3n) is 2.12. The number of halogens is 3. The third kappa shape index (κ3) is 2.03. The summed E-state index contributed by atoms with van der Waals surface area (Å²) in [5.74, 6) is 0. The third-order valence-corrected chi connectivity index (χ3v) is 2.12. The highest BCUT2D eigenvalue weighted by Gasteiger charge is 2.33. The van der Waals surface area contributed by atoms with Gasteiger partial charge in [-0.1, -0.05) is 0 Å². The molecule has 0 amide bonds. The fourth-order valence-corrected chi connectivity index (χ4v) is 1.40. The molecule has 5 heteroatoms. The van der Waals surface area contributed by atoms with Crippen LogP contribution in [0.4, 0.5) is 13.2 Å². The number of aromatic nitrogens is 2. The van der Waals surface area contributed by atoms with Crippen LogP contribution in [-0.2, 0) is 6.18 Å². The van der Waals surface area contributed by atoms with Gasteiger partial charge in [0.15, 0.2) is 0 Å². The summed E-state index contributed by atoms with van der Waals surface area (Å²) in [7, 11) is 0. The molecule has 0 N–H and O–H groups in total. The van der Waals surface area contributed by atoms with Crippen LogP contribution in [0, 0.1) is 0 Å². The van der Waals surface area contributed by atoms with Crippen LogP contribution in [0.1, 0.15) is 5.56 Å². The highest BCUT2D eigenvalue weighted by molar-refractivity contribution is 5.66. The topological polar surface area (TPSA) is 25.8 Å². The van der Waals surface area contributed by atoms with E-state index in [4.69, 9.17) is 0 Å². The van der Waals surface area contributed by atoms with E-state index in [9.17, 15) is 13.2 Å². The Labute approximate surface area is 89.8 Å². The summed E-state index contributed by atoms with van der Waals surface area (Å²) < 4.78 is 38.0. The molecule has 2 rings (SSSR count). The van der Waals surface area contributed by atoms with Crippen LogP contribution in [0.15, 0.2) is 43.0 Å². The standard InChI is InChI=1S/C11H7F3N2/c12-11(13,14)10-7-16-6-3-9(10)8-1-4-15-5-2-8/h1-7H. The van der Waals surface area contributed by atoms with Gasteiger partial charge in [0, 0.05) is 24.8 Å². The number of rotatable bonds is 1. The summed E-state index contributed by atoms with van der Waals surface area (Å²) in [6.45, 7) is 0. The lowest BCUT2D eigenvalue weighted by Gasteiger charge is -2.11. The van der Waals surface area contributed by atoms with E-state index in [1.165, 1.54) is 36.8 Å². The summed E-state index contributed by atoms with van der Waals surface area (Å²) in [5, 5.41) is 0. The van der Waals surface area contributed by atoms with Crippen molar-refractivity contribution in [2.45, 2.75) is 6.18 Å². The Morgan fingerprint density at radius 2 is 1.50 bits per heavy atom. The fourth-order valence-electron chi connectivity index (χ4n) is 1.40. The predicted molar refractivity (Wildman–Crippen MR) is 52.5 cm³/mol. The van der Waals surface area contributed by atoms with Crippen molar-refractivity contribution in [1.29, 1.82) is 0 Å². The number of alkyl halides is 3. The fraction of sp³-hybridized carbons (Fsp3) is 0.0909. The maximum absolute atomic E-state index is 12.7. The van der Waals surface area contributed by atoms with Crippen molar-refractivity contribution in [3.05, 3.63) is 48.5 Å². The minimum absolute atomic E-state index is 0.116. The first-order valence-corrected chi connectivity index (χ1v) is 4.50. The predicted octanol–water partition coefficient (Wildman–Crippen LogP) is 3.16. The van der Waals surface area contributed by atoms with E-state index in [2.05, 4.69) is 9.97 Å². The molecule has 0 aromatic carbocycles. The van der Waals surface area contributed by atoms with Gasteiger partial charge >= 0.3 is 6.18 Å². The SMILES string of the molecule is FC(F)(F)c1cnccc1-c1ccncc1. The van der Waals surface area contributed by atoms with Crippen molar-refractivity contribution in [2.75, 3.05) is 0 Å². The first kappa shape index (κ1) is 10.6. The molecule has 2 nitrogen and oxygen atoms in total. The molecule has 82 valence electrons. The molecule has 0 radical (unpaired) electrons. The minimum Gasteiger partial charge on any atom is -0.265 e. The lowest BCUT2D eigenvalue weighted by molar-refractivity contribution is -0.137. The van der Waals surface area contributed by atoms with Crippen LogP contribution >= 0.6 is 0 Å². The molecule has 0 saturated heterocycles. The van der Waals surface area contributed by atoms with E-state index in [1.807, 2.05) is 0 Å². The summed E-state index contributed by atoms with van der Waals surface area (Å²) in [4.78, 5) is 7.27. The Kier molecular flexibility index (Phi) is 2.60. The molecular weight excluding hydrogens is 217 g/mol. The average molecular weight is 224 g/mol. The first-order chi connectivity index (χ1) is 7.59. The van der Waals surface area contributed by atoms with Crippen LogP contribution in [0.2, 0.25) is 0 Å². The van der Waals surface area contributed by atoms with Crippen molar-refractivity contribution < 1.29 is 13.2 Å². The average Bonchev–Trinajstić information content (AvgIpc) is 2.29. The zero-order chi connectivity index (χ0) is 11.6. The zero-order valence-electron chi connectivity index (χ0n) is 8.07. The van der Waals surface area contributed by atoms with Crippen LogP contribution in [-0.4, -0.2) is 9.97 Å². The summed E-state index contributed by atoms with van der Waals surface area (Å²) in [5.41, 5.74) is -0.143. The Hall–Kier alpha value is -1.91. The molecule has 0 atom stereocenters. The molecule has 16 heavy (non-hydrogen) atoms. The Balaban J connectivity index is 2.58. The van der Waals surface area contributed by atoms with Crippen LogP contribution in [0.25, 0.3) is 11.1 Å². The molecule has 0 saturated carbocycles. The number of nitrogens with zero attached hydrogens (tertiary/aromatic N) is 2. The van der Waals surface area contributed by atoms with E-state index in [0.29, 0.717) is 5.56 Å². The smallest absolute Gasteiger partial charge is 0.265 e. The van der Waals surface area contributed by atoms with E-state index >= 15 is 0 Å². The molecule has 2 heterocycles. The lowest BCUT2D eigenvalue weighted by atomic mass is 10.0. The molecule has 0 fully saturated rings. The molecule has 0 aliphatic heterocycles. The molecule has 2 aromatic heterocycles. The summed E-state index contributed by atoms with van der Waals surface area (Å²) in [6.07, 6.45) is 0.680. The van der Waals surface area contributed by atoms with Gasteiger partial charge in [-0.2, -0.15) is 13.2 Å². The minimum atomic E-state index is -4.40. The molecular formula is C11H7F3N2. The molecule has 0 spiro atoms. The highest BCUT2D eigenvalue weighted by Crippen LogP contribution is 2.35. The van der Waals surface area contributed by atoms with Gasteiger partial charge in [0.2, 0.25) is 0 Å². The van der Waals surface area contributed by atoms with Crippen molar-refractivity contribution in [3.63, 3.8) is 0 Å². The van der Waals surface area contributed by atoms with Gasteiger partial charge in [0.1, 0.15) is 0 Å². The van der Waals surface area contributed by atoms with Gasteiger partial charge in [-0.15, -0.1) is 0 Å². The van der Waals surface area contributed by atoms with Crippen LogP contribution in [0.3, 0.4) is 0 Å². The molecule has 0 aliphatic rings. The Morgan fingerprint density at radius 1 is 0.875 bits per heavy atom. The van der Waals surface area contributed by atoms with E-state index in [1.54, 1.807) is 0 Å². The normalized spacial score (nSPS) is 11.4. The van der Waals surface area contributed by atoms with Gasteiger partial charge in [-0.05, 0) is 29.3 Å². The Bertz CT molecular complexity index is 480. The molecule has 0 aliphatic carbocycles. The Morgan fingerprint density at radius 3 is 2.12 bits per heavy atom. The van der Waals surface area contributed by atoms with Crippen molar-refractivity contribution >= 4 is 0 Å². The second-order valence-corrected chi connectivity index (χ2v) is 3.15. The van der Waals surface area contributed by atoms with Gasteiger partial charge in [-0.25, -0.2) is 0 Å². The largest absolute Gasteiger partial charge is 0.418 e. The van der Waals surface area contributed by atoms with Gasteiger partial charge in [-0.3, -0.25) is 9.97 Å². The second-order valence-electron chi connectivity index (χ2n) is 3.15. The van der Waals surface area contributed by atoms with E-state index < -0.39 is 11.7 Å². The lowest BCUT2D eigenvalue weighted by Crippen LogP contribution is -2.07. The van der Waals surface area contributed by atoms with E-state index in [-0.39, 0.29) is 5.56 Å². The highest BCUT2D eigenvalue weighted by atomic mass is 19.4. The maximum atomic E-state index is 12.7. The van der Waals surface area contributed by atoms with Crippen LogP contribution < -0.4 is 0 Å². The second kappa shape index (κ2) is 3.92. The van der Waals surface area contributed by atoms with Crippen molar-refractivity contribution in [2.24, 2.45) is 0 Å². The number of hydrogen-bond acceptors (Lipinski definition) is 2. The monoisotopic (exact) mass is 224 g/mol. The maximum Gasteiger partial charge on any atom is 0.418 e. The molecule has 0 unspecified atom stereocenters. The van der Waals surface area contributed by atoms with Crippen molar-refractivity contribution in [3.8, 4) is 11.1 Å². The summed E-state index contributed by atoms with van der Waals surface area (Å²) >= 11 is 0. The molecule has 2 aromatic rings. The van der Waals surface area contributed by atoms with Gasteiger partial charge in [0.05, 0.1) is 5.56 Å².